The second-order valence-electron chi connectivity index (χ2n) is 4.64. The van der Waals surface area contributed by atoms with Crippen LogP contribution in [0.25, 0.3) is 0 Å². The first-order valence-electron chi connectivity index (χ1n) is 6.38. The molecule has 0 atom stereocenters. The van der Waals surface area contributed by atoms with Crippen molar-refractivity contribution in [3.8, 4) is 5.75 Å². The molecule has 1 aromatic rings. The maximum Gasteiger partial charge on any atom is 0.277 e. The van der Waals surface area contributed by atoms with Gasteiger partial charge in [-0.3, -0.25) is 4.79 Å². The fourth-order valence-corrected chi connectivity index (χ4v) is 2.54. The number of hydrogen-bond donors (Lipinski definition) is 1. The standard InChI is InChI=1S/C14H17BrN2O2/c1-10-6-7-13(12(15)8-10)19-9-14(18)17-16-11-4-2-3-5-11/h6-8H,2-5,9H2,1H3,(H,17,18). The number of carbonyl (C=O) groups excluding carboxylic acids is 1. The van der Waals surface area contributed by atoms with Crippen LogP contribution >= 0.6 is 15.9 Å². The Hall–Kier alpha value is -1.36. The van der Waals surface area contributed by atoms with E-state index in [1.807, 2.05) is 25.1 Å². The zero-order valence-electron chi connectivity index (χ0n) is 10.9. The van der Waals surface area contributed by atoms with Crippen molar-refractivity contribution in [2.75, 3.05) is 6.61 Å². The highest BCUT2D eigenvalue weighted by Crippen LogP contribution is 2.25. The number of amides is 1. The molecule has 19 heavy (non-hydrogen) atoms. The van der Waals surface area contributed by atoms with E-state index < -0.39 is 0 Å². The third-order valence-corrected chi connectivity index (χ3v) is 3.59. The normalized spacial score (nSPS) is 14.3. The van der Waals surface area contributed by atoms with Crippen LogP contribution in [-0.2, 0) is 4.79 Å². The Balaban J connectivity index is 1.81. The smallest absolute Gasteiger partial charge is 0.277 e. The molecule has 1 aliphatic carbocycles. The summed E-state index contributed by atoms with van der Waals surface area (Å²) in [5.41, 5.74) is 4.74. The van der Waals surface area contributed by atoms with Crippen molar-refractivity contribution in [1.29, 1.82) is 0 Å². The number of benzene rings is 1. The first kappa shape index (κ1) is 14.1. The third kappa shape index (κ3) is 4.35. The molecule has 102 valence electrons. The van der Waals surface area contributed by atoms with Crippen molar-refractivity contribution < 1.29 is 9.53 Å². The number of rotatable bonds is 4. The molecule has 5 heteroatoms. The second kappa shape index (κ2) is 6.70. The van der Waals surface area contributed by atoms with Crippen molar-refractivity contribution in [2.45, 2.75) is 32.6 Å². The predicted octanol–water partition coefficient (Wildman–Crippen LogP) is 3.18. The summed E-state index contributed by atoms with van der Waals surface area (Å²) in [5.74, 6) is 0.432. The van der Waals surface area contributed by atoms with Crippen molar-refractivity contribution in [1.82, 2.24) is 5.43 Å². The fraction of sp³-hybridized carbons (Fsp3) is 0.429. The highest BCUT2D eigenvalue weighted by atomic mass is 79.9. The maximum atomic E-state index is 11.6. The minimum atomic E-state index is -0.230. The summed E-state index contributed by atoms with van der Waals surface area (Å²) in [5, 5.41) is 4.10. The summed E-state index contributed by atoms with van der Waals surface area (Å²) in [6, 6.07) is 5.73. The topological polar surface area (TPSA) is 50.7 Å². The van der Waals surface area contributed by atoms with E-state index in [4.69, 9.17) is 4.74 Å². The summed E-state index contributed by atoms with van der Waals surface area (Å²) in [7, 11) is 0. The van der Waals surface area contributed by atoms with Crippen molar-refractivity contribution >= 4 is 27.5 Å². The van der Waals surface area contributed by atoms with Crippen LogP contribution in [0.15, 0.2) is 27.8 Å². The molecule has 1 fully saturated rings. The molecule has 4 nitrogen and oxygen atoms in total. The van der Waals surface area contributed by atoms with Gasteiger partial charge in [0.05, 0.1) is 4.47 Å². The Morgan fingerprint density at radius 3 is 2.84 bits per heavy atom. The Morgan fingerprint density at radius 1 is 1.42 bits per heavy atom. The van der Waals surface area contributed by atoms with Crippen LogP contribution < -0.4 is 10.2 Å². The van der Waals surface area contributed by atoms with Crippen LogP contribution in [0.2, 0.25) is 0 Å². The van der Waals surface area contributed by atoms with Gasteiger partial charge in [0.15, 0.2) is 6.61 Å². The van der Waals surface area contributed by atoms with Gasteiger partial charge >= 0.3 is 0 Å². The predicted molar refractivity (Wildman–Crippen MR) is 78.4 cm³/mol. The number of aryl methyl sites for hydroxylation is 1. The summed E-state index contributed by atoms with van der Waals surface area (Å²) in [4.78, 5) is 11.6. The lowest BCUT2D eigenvalue weighted by molar-refractivity contribution is -0.123. The SMILES string of the molecule is Cc1ccc(OCC(=O)NN=C2CCCC2)c(Br)c1. The number of hydrogen-bond acceptors (Lipinski definition) is 3. The number of nitrogens with one attached hydrogen (secondary N) is 1. The minimum Gasteiger partial charge on any atom is -0.483 e. The zero-order chi connectivity index (χ0) is 13.7. The summed E-state index contributed by atoms with van der Waals surface area (Å²) < 4.78 is 6.29. The highest BCUT2D eigenvalue weighted by molar-refractivity contribution is 9.10. The highest BCUT2D eigenvalue weighted by Gasteiger charge is 2.09. The van der Waals surface area contributed by atoms with Gasteiger partial charge in [0.1, 0.15) is 5.75 Å². The average molecular weight is 325 g/mol. The lowest BCUT2D eigenvalue weighted by Crippen LogP contribution is -2.25. The van der Waals surface area contributed by atoms with Gasteiger partial charge in [-0.15, -0.1) is 0 Å². The fourth-order valence-electron chi connectivity index (χ4n) is 1.93. The van der Waals surface area contributed by atoms with E-state index in [1.165, 1.54) is 12.8 Å². The van der Waals surface area contributed by atoms with Crippen LogP contribution in [0.3, 0.4) is 0 Å². The number of ether oxygens (including phenoxy) is 1. The summed E-state index contributed by atoms with van der Waals surface area (Å²) in [6.45, 7) is 1.97. The van der Waals surface area contributed by atoms with E-state index >= 15 is 0 Å². The minimum absolute atomic E-state index is 0.0293. The molecule has 2 rings (SSSR count). The molecule has 0 heterocycles. The molecule has 0 aromatic heterocycles. The van der Waals surface area contributed by atoms with Gasteiger partial charge in [-0.1, -0.05) is 6.07 Å². The van der Waals surface area contributed by atoms with Crippen molar-refractivity contribution in [3.63, 3.8) is 0 Å². The first-order valence-corrected chi connectivity index (χ1v) is 7.17. The average Bonchev–Trinajstić information content (AvgIpc) is 2.88. The largest absolute Gasteiger partial charge is 0.483 e. The number of carbonyl (C=O) groups is 1. The van der Waals surface area contributed by atoms with Gasteiger partial charge in [-0.05, 0) is 66.2 Å². The van der Waals surface area contributed by atoms with E-state index in [1.54, 1.807) is 0 Å². The van der Waals surface area contributed by atoms with Crippen molar-refractivity contribution in [3.05, 3.63) is 28.2 Å². The molecular formula is C14H17BrN2O2. The monoisotopic (exact) mass is 324 g/mol. The van der Waals surface area contributed by atoms with Crippen LogP contribution in [0, 0.1) is 6.92 Å². The molecule has 0 saturated heterocycles. The van der Waals surface area contributed by atoms with Gasteiger partial charge in [-0.2, -0.15) is 5.10 Å². The molecule has 1 N–H and O–H groups in total. The van der Waals surface area contributed by atoms with Crippen molar-refractivity contribution in [2.24, 2.45) is 5.10 Å². The van der Waals surface area contributed by atoms with Crippen LogP contribution in [0.5, 0.6) is 5.75 Å². The van der Waals surface area contributed by atoms with Crippen LogP contribution in [0.1, 0.15) is 31.2 Å². The van der Waals surface area contributed by atoms with Gasteiger partial charge in [0.2, 0.25) is 0 Å². The molecule has 0 radical (unpaired) electrons. The van der Waals surface area contributed by atoms with E-state index in [2.05, 4.69) is 26.5 Å². The Labute approximate surface area is 121 Å². The number of halogens is 1. The van der Waals surface area contributed by atoms with E-state index in [-0.39, 0.29) is 12.5 Å². The summed E-state index contributed by atoms with van der Waals surface area (Å²) in [6.07, 6.45) is 4.32. The van der Waals surface area contributed by atoms with E-state index in [9.17, 15) is 4.79 Å². The molecular weight excluding hydrogens is 308 g/mol. The zero-order valence-corrected chi connectivity index (χ0v) is 12.5. The molecule has 1 amide bonds. The van der Waals surface area contributed by atoms with E-state index in [0.717, 1.165) is 28.6 Å². The molecule has 0 spiro atoms. The molecule has 1 aliphatic rings. The van der Waals surface area contributed by atoms with Gasteiger partial charge < -0.3 is 4.74 Å². The molecule has 0 bridgehead atoms. The molecule has 1 aromatic carbocycles. The van der Waals surface area contributed by atoms with Gasteiger partial charge in [0.25, 0.3) is 5.91 Å². The molecule has 0 aliphatic heterocycles. The molecule has 1 saturated carbocycles. The number of nitrogens with zero attached hydrogens (tertiary/aromatic N) is 1. The lowest BCUT2D eigenvalue weighted by Gasteiger charge is -2.08. The Morgan fingerprint density at radius 2 is 2.16 bits per heavy atom. The Bertz CT molecular complexity index is 492. The van der Waals surface area contributed by atoms with E-state index in [0.29, 0.717) is 5.75 Å². The quantitative estimate of drug-likeness (QED) is 0.865. The third-order valence-electron chi connectivity index (χ3n) is 2.97. The van der Waals surface area contributed by atoms with Crippen LogP contribution in [-0.4, -0.2) is 18.2 Å². The Kier molecular flexibility index (Phi) is 4.96. The lowest BCUT2D eigenvalue weighted by atomic mass is 10.2. The maximum absolute atomic E-state index is 11.6. The van der Waals surface area contributed by atoms with Gasteiger partial charge in [-0.25, -0.2) is 5.43 Å². The molecule has 0 unspecified atom stereocenters. The van der Waals surface area contributed by atoms with Gasteiger partial charge in [0, 0.05) is 5.71 Å². The number of hydrazone groups is 1. The summed E-state index contributed by atoms with van der Waals surface area (Å²) >= 11 is 3.41. The first-order chi connectivity index (χ1) is 9.15. The van der Waals surface area contributed by atoms with Crippen LogP contribution in [0.4, 0.5) is 0 Å². The second-order valence-corrected chi connectivity index (χ2v) is 5.50.